The van der Waals surface area contributed by atoms with Crippen molar-refractivity contribution in [2.45, 2.75) is 0 Å². The molecule has 1 N–H and O–H groups in total. The Morgan fingerprint density at radius 3 is 2.72 bits per heavy atom. The fourth-order valence-electron chi connectivity index (χ4n) is 2.60. The molecule has 4 rings (SSSR count). The lowest BCUT2D eigenvalue weighted by Crippen LogP contribution is -2.11. The van der Waals surface area contributed by atoms with Crippen LogP contribution in [0.4, 0.5) is 10.1 Å². The molecule has 0 aliphatic rings. The number of amides is 1. The van der Waals surface area contributed by atoms with Crippen LogP contribution in [0.5, 0.6) is 0 Å². The number of nitrogens with one attached hydrogen (secondary N) is 1. The standard InChI is InChI=1S/C19H11ClFNOS2/c20-17-13-8-7-11(21)10-16(13)25-18(17)19(23)22-14-5-2-1-4-12(14)15-6-3-9-24-15/h1-10H,(H,22,23). The molecule has 0 fully saturated rings. The van der Waals surface area contributed by atoms with E-state index in [9.17, 15) is 9.18 Å². The van der Waals surface area contributed by atoms with Crippen LogP contribution in [0.25, 0.3) is 20.5 Å². The van der Waals surface area contributed by atoms with Gasteiger partial charge in [0.15, 0.2) is 0 Å². The van der Waals surface area contributed by atoms with Crippen LogP contribution in [-0.4, -0.2) is 5.91 Å². The summed E-state index contributed by atoms with van der Waals surface area (Å²) >= 11 is 9.13. The molecule has 2 aromatic carbocycles. The van der Waals surface area contributed by atoms with Gasteiger partial charge in [0, 0.05) is 26.2 Å². The van der Waals surface area contributed by atoms with Crippen molar-refractivity contribution < 1.29 is 9.18 Å². The van der Waals surface area contributed by atoms with E-state index in [2.05, 4.69) is 5.32 Å². The fourth-order valence-corrected chi connectivity index (χ4v) is 4.81. The van der Waals surface area contributed by atoms with Crippen LogP contribution < -0.4 is 5.32 Å². The summed E-state index contributed by atoms with van der Waals surface area (Å²) in [4.78, 5) is 14.2. The molecule has 0 radical (unpaired) electrons. The van der Waals surface area contributed by atoms with Gasteiger partial charge in [-0.3, -0.25) is 4.79 Å². The van der Waals surface area contributed by atoms with Gasteiger partial charge in [0.05, 0.1) is 5.02 Å². The number of anilines is 1. The average Bonchev–Trinajstić information content (AvgIpc) is 3.24. The first-order chi connectivity index (χ1) is 12.1. The molecule has 1 amide bonds. The SMILES string of the molecule is O=C(Nc1ccccc1-c1cccs1)c1sc2cc(F)ccc2c1Cl. The van der Waals surface area contributed by atoms with Gasteiger partial charge in [-0.1, -0.05) is 35.9 Å². The van der Waals surface area contributed by atoms with Crippen LogP contribution in [0, 0.1) is 5.82 Å². The Balaban J connectivity index is 1.71. The van der Waals surface area contributed by atoms with Gasteiger partial charge in [0.1, 0.15) is 10.7 Å². The van der Waals surface area contributed by atoms with Crippen molar-refractivity contribution in [2.24, 2.45) is 0 Å². The first-order valence-corrected chi connectivity index (χ1v) is 9.53. The summed E-state index contributed by atoms with van der Waals surface area (Å²) in [7, 11) is 0. The molecule has 0 aliphatic carbocycles. The Labute approximate surface area is 156 Å². The van der Waals surface area contributed by atoms with E-state index in [-0.39, 0.29) is 11.7 Å². The first kappa shape index (κ1) is 16.3. The molecule has 0 unspecified atom stereocenters. The Morgan fingerprint density at radius 1 is 1.08 bits per heavy atom. The maximum atomic E-state index is 13.4. The van der Waals surface area contributed by atoms with E-state index < -0.39 is 0 Å². The zero-order valence-corrected chi connectivity index (χ0v) is 15.1. The molecule has 0 aliphatic heterocycles. The molecule has 0 saturated carbocycles. The van der Waals surface area contributed by atoms with Crippen molar-refractivity contribution in [1.29, 1.82) is 0 Å². The number of para-hydroxylation sites is 1. The minimum atomic E-state index is -0.347. The minimum Gasteiger partial charge on any atom is -0.321 e. The largest absolute Gasteiger partial charge is 0.321 e. The highest BCUT2D eigenvalue weighted by Crippen LogP contribution is 2.37. The van der Waals surface area contributed by atoms with Crippen LogP contribution in [0.2, 0.25) is 5.02 Å². The first-order valence-electron chi connectivity index (χ1n) is 7.45. The third-order valence-corrected chi connectivity index (χ3v) is 6.32. The molecule has 0 bridgehead atoms. The summed E-state index contributed by atoms with van der Waals surface area (Å²) in [6, 6.07) is 15.9. The van der Waals surface area contributed by atoms with Gasteiger partial charge in [0.25, 0.3) is 5.91 Å². The van der Waals surface area contributed by atoms with Crippen molar-refractivity contribution >= 4 is 56.0 Å². The number of hydrogen-bond acceptors (Lipinski definition) is 3. The van der Waals surface area contributed by atoms with Crippen LogP contribution in [-0.2, 0) is 0 Å². The van der Waals surface area contributed by atoms with E-state index in [0.717, 1.165) is 16.1 Å². The molecule has 2 heterocycles. The predicted octanol–water partition coefficient (Wildman–Crippen LogP) is 6.67. The number of fused-ring (bicyclic) bond motifs is 1. The number of thiophene rings is 2. The van der Waals surface area contributed by atoms with E-state index in [1.165, 1.54) is 23.5 Å². The molecule has 6 heteroatoms. The van der Waals surface area contributed by atoms with Gasteiger partial charge in [0.2, 0.25) is 0 Å². The van der Waals surface area contributed by atoms with E-state index in [0.29, 0.717) is 20.0 Å². The molecular formula is C19H11ClFNOS2. The van der Waals surface area contributed by atoms with E-state index in [4.69, 9.17) is 11.6 Å². The number of halogens is 2. The van der Waals surface area contributed by atoms with Crippen LogP contribution in [0.15, 0.2) is 60.0 Å². The molecular weight excluding hydrogens is 377 g/mol. The number of benzene rings is 2. The highest BCUT2D eigenvalue weighted by molar-refractivity contribution is 7.21. The molecule has 2 aromatic heterocycles. The zero-order chi connectivity index (χ0) is 17.4. The monoisotopic (exact) mass is 387 g/mol. The Kier molecular flexibility index (Phi) is 4.29. The quantitative estimate of drug-likeness (QED) is 0.417. The number of rotatable bonds is 3. The number of carbonyl (C=O) groups excluding carboxylic acids is 1. The van der Waals surface area contributed by atoms with Crippen LogP contribution in [0.1, 0.15) is 9.67 Å². The molecule has 2 nitrogen and oxygen atoms in total. The molecule has 25 heavy (non-hydrogen) atoms. The molecule has 4 aromatic rings. The Hall–Kier alpha value is -2.21. The van der Waals surface area contributed by atoms with Gasteiger partial charge >= 0.3 is 0 Å². The second-order valence-corrected chi connectivity index (χ2v) is 7.74. The van der Waals surface area contributed by atoms with Crippen LogP contribution in [0.3, 0.4) is 0 Å². The van der Waals surface area contributed by atoms with Crippen molar-refractivity contribution in [3.05, 3.63) is 75.7 Å². The summed E-state index contributed by atoms with van der Waals surface area (Å²) < 4.78 is 14.1. The van der Waals surface area contributed by atoms with Gasteiger partial charge in [-0.15, -0.1) is 22.7 Å². The highest BCUT2D eigenvalue weighted by atomic mass is 35.5. The summed E-state index contributed by atoms with van der Waals surface area (Å²) in [6.45, 7) is 0. The van der Waals surface area contributed by atoms with Gasteiger partial charge < -0.3 is 5.32 Å². The fraction of sp³-hybridized carbons (Fsp3) is 0. The minimum absolute atomic E-state index is 0.296. The van der Waals surface area contributed by atoms with E-state index in [1.807, 2.05) is 41.8 Å². The van der Waals surface area contributed by atoms with Crippen LogP contribution >= 0.6 is 34.3 Å². The normalized spacial score (nSPS) is 11.0. The second-order valence-electron chi connectivity index (χ2n) is 5.36. The maximum Gasteiger partial charge on any atom is 0.267 e. The highest BCUT2D eigenvalue weighted by Gasteiger charge is 2.19. The van der Waals surface area contributed by atoms with Crippen molar-refractivity contribution in [3.63, 3.8) is 0 Å². The molecule has 0 spiro atoms. The van der Waals surface area contributed by atoms with E-state index in [1.54, 1.807) is 17.4 Å². The zero-order valence-electron chi connectivity index (χ0n) is 12.8. The Bertz CT molecular complexity index is 1070. The van der Waals surface area contributed by atoms with Gasteiger partial charge in [-0.2, -0.15) is 0 Å². The number of carbonyl (C=O) groups is 1. The lowest BCUT2D eigenvalue weighted by Gasteiger charge is -2.09. The predicted molar refractivity (Wildman–Crippen MR) is 105 cm³/mol. The van der Waals surface area contributed by atoms with Crippen molar-refractivity contribution in [3.8, 4) is 10.4 Å². The summed E-state index contributed by atoms with van der Waals surface area (Å²) in [5, 5.41) is 5.96. The lowest BCUT2D eigenvalue weighted by molar-refractivity contribution is 0.103. The third-order valence-electron chi connectivity index (χ3n) is 3.76. The Morgan fingerprint density at radius 2 is 1.92 bits per heavy atom. The smallest absolute Gasteiger partial charge is 0.267 e. The summed E-state index contributed by atoms with van der Waals surface area (Å²) in [5.74, 6) is -0.643. The second kappa shape index (κ2) is 6.59. The molecule has 124 valence electrons. The van der Waals surface area contributed by atoms with E-state index >= 15 is 0 Å². The maximum absolute atomic E-state index is 13.4. The van der Waals surface area contributed by atoms with Crippen molar-refractivity contribution in [1.82, 2.24) is 0 Å². The summed E-state index contributed by atoms with van der Waals surface area (Å²) in [5.41, 5.74) is 1.67. The molecule has 0 saturated heterocycles. The third kappa shape index (κ3) is 3.06. The van der Waals surface area contributed by atoms with Crippen molar-refractivity contribution in [2.75, 3.05) is 5.32 Å². The summed E-state index contributed by atoms with van der Waals surface area (Å²) in [6.07, 6.45) is 0. The van der Waals surface area contributed by atoms with Gasteiger partial charge in [-0.25, -0.2) is 4.39 Å². The molecule has 0 atom stereocenters. The lowest BCUT2D eigenvalue weighted by atomic mass is 10.1. The topological polar surface area (TPSA) is 29.1 Å². The van der Waals surface area contributed by atoms with Gasteiger partial charge in [-0.05, 0) is 35.7 Å². The average molecular weight is 388 g/mol. The number of hydrogen-bond donors (Lipinski definition) is 1.